The van der Waals surface area contributed by atoms with Crippen LogP contribution >= 0.6 is 11.6 Å². The highest BCUT2D eigenvalue weighted by atomic mass is 35.5. The van der Waals surface area contributed by atoms with Crippen molar-refractivity contribution in [3.05, 3.63) is 28.8 Å². The van der Waals surface area contributed by atoms with Gasteiger partial charge in [0.15, 0.2) is 0 Å². The molecule has 0 bridgehead atoms. The number of hydrogen-bond donors (Lipinski definition) is 3. The van der Waals surface area contributed by atoms with Crippen LogP contribution in [0.3, 0.4) is 0 Å². The van der Waals surface area contributed by atoms with Crippen LogP contribution in [-0.2, 0) is 4.79 Å². The van der Waals surface area contributed by atoms with Gasteiger partial charge in [-0.25, -0.2) is 0 Å². The van der Waals surface area contributed by atoms with Gasteiger partial charge in [0, 0.05) is 18.2 Å². The van der Waals surface area contributed by atoms with Crippen LogP contribution in [0.5, 0.6) is 0 Å². The highest BCUT2D eigenvalue weighted by Gasteiger charge is 2.18. The molecule has 0 aromatic heterocycles. The van der Waals surface area contributed by atoms with Gasteiger partial charge in [0.25, 0.3) is 5.91 Å². The highest BCUT2D eigenvalue weighted by Crippen LogP contribution is 2.23. The molecule has 4 N–H and O–H groups in total. The molecule has 1 aliphatic rings. The number of nitrogens with two attached hydrogens (primary N) is 1. The summed E-state index contributed by atoms with van der Waals surface area (Å²) in [4.78, 5) is 24.2. The molecule has 0 aliphatic heterocycles. The zero-order valence-corrected chi connectivity index (χ0v) is 14.0. The molecule has 6 heteroatoms. The lowest BCUT2D eigenvalue weighted by Crippen LogP contribution is -2.36. The van der Waals surface area contributed by atoms with Crippen LogP contribution in [0.15, 0.2) is 18.2 Å². The Morgan fingerprint density at radius 3 is 2.65 bits per heavy atom. The summed E-state index contributed by atoms with van der Waals surface area (Å²) < 4.78 is 0. The van der Waals surface area contributed by atoms with Crippen LogP contribution in [0.4, 0.5) is 5.69 Å². The fraction of sp³-hybridized carbons (Fsp3) is 0.529. The molecule has 1 aromatic rings. The summed E-state index contributed by atoms with van der Waals surface area (Å²) in [5.41, 5.74) is 6.36. The van der Waals surface area contributed by atoms with E-state index in [1.165, 1.54) is 6.42 Å². The van der Waals surface area contributed by atoms with Gasteiger partial charge in [-0.15, -0.1) is 0 Å². The molecule has 1 aliphatic carbocycles. The van der Waals surface area contributed by atoms with Gasteiger partial charge in [0.2, 0.25) is 5.91 Å². The lowest BCUT2D eigenvalue weighted by Gasteiger charge is -2.23. The molecule has 0 atom stereocenters. The smallest absolute Gasteiger partial charge is 0.253 e. The van der Waals surface area contributed by atoms with E-state index < -0.39 is 0 Å². The Morgan fingerprint density at radius 1 is 1.22 bits per heavy atom. The number of carbonyl (C=O) groups is 2. The Bertz CT molecular complexity index is 557. The summed E-state index contributed by atoms with van der Waals surface area (Å²) in [6, 6.07) is 5.17. The number of amides is 2. The number of anilines is 1. The lowest BCUT2D eigenvalue weighted by atomic mass is 9.95. The normalized spacial score (nSPS) is 15.2. The van der Waals surface area contributed by atoms with Crippen LogP contribution in [-0.4, -0.2) is 24.4 Å². The number of nitrogens with one attached hydrogen (secondary N) is 2. The second kappa shape index (κ2) is 8.89. The summed E-state index contributed by atoms with van der Waals surface area (Å²) in [5, 5.41) is 6.20. The predicted octanol–water partition coefficient (Wildman–Crippen LogP) is 3.08. The standard InChI is InChI=1S/C17H24ClN3O2/c18-15-9-8-13(20-16(22)7-4-10-19)11-14(15)17(23)21-12-5-2-1-3-6-12/h8-9,11-12H,1-7,10,19H2,(H,20,22)(H,21,23). The summed E-state index contributed by atoms with van der Waals surface area (Å²) in [5.74, 6) is -0.295. The van der Waals surface area contributed by atoms with Crippen LogP contribution in [0.1, 0.15) is 55.3 Å². The molecule has 23 heavy (non-hydrogen) atoms. The van der Waals surface area contributed by atoms with Crippen molar-refractivity contribution >= 4 is 29.1 Å². The van der Waals surface area contributed by atoms with Gasteiger partial charge >= 0.3 is 0 Å². The average Bonchev–Trinajstić information content (AvgIpc) is 2.55. The summed E-state index contributed by atoms with van der Waals surface area (Å²) >= 11 is 6.14. The monoisotopic (exact) mass is 337 g/mol. The van der Waals surface area contributed by atoms with E-state index >= 15 is 0 Å². The molecule has 5 nitrogen and oxygen atoms in total. The third-order valence-corrected chi connectivity index (χ3v) is 4.37. The van der Waals surface area contributed by atoms with E-state index in [4.69, 9.17) is 17.3 Å². The number of hydrogen-bond acceptors (Lipinski definition) is 3. The van der Waals surface area contributed by atoms with Gasteiger partial charge in [-0.05, 0) is 44.0 Å². The van der Waals surface area contributed by atoms with Gasteiger partial charge in [0.05, 0.1) is 10.6 Å². The third kappa shape index (κ3) is 5.52. The van der Waals surface area contributed by atoms with E-state index in [1.807, 2.05) is 0 Å². The first-order valence-corrected chi connectivity index (χ1v) is 8.58. The molecule has 0 saturated heterocycles. The van der Waals surface area contributed by atoms with Gasteiger partial charge in [-0.3, -0.25) is 9.59 Å². The van der Waals surface area contributed by atoms with Crippen LogP contribution in [0.25, 0.3) is 0 Å². The first kappa shape index (κ1) is 17.8. The predicted molar refractivity (Wildman–Crippen MR) is 92.7 cm³/mol. The Morgan fingerprint density at radius 2 is 1.96 bits per heavy atom. The SMILES string of the molecule is NCCCC(=O)Nc1ccc(Cl)c(C(=O)NC2CCCCC2)c1. The van der Waals surface area contributed by atoms with Gasteiger partial charge in [-0.2, -0.15) is 0 Å². The number of halogens is 1. The van der Waals surface area contributed by atoms with E-state index in [9.17, 15) is 9.59 Å². The summed E-state index contributed by atoms with van der Waals surface area (Å²) in [7, 11) is 0. The number of carbonyl (C=O) groups excluding carboxylic acids is 2. The Hall–Kier alpha value is -1.59. The lowest BCUT2D eigenvalue weighted by molar-refractivity contribution is -0.116. The van der Waals surface area contributed by atoms with Crippen molar-refractivity contribution in [2.45, 2.75) is 51.0 Å². The van der Waals surface area contributed by atoms with Crippen molar-refractivity contribution in [1.82, 2.24) is 5.32 Å². The van der Waals surface area contributed by atoms with E-state index in [0.29, 0.717) is 35.7 Å². The zero-order chi connectivity index (χ0) is 16.7. The third-order valence-electron chi connectivity index (χ3n) is 4.04. The first-order valence-electron chi connectivity index (χ1n) is 8.20. The van der Waals surface area contributed by atoms with Crippen molar-refractivity contribution < 1.29 is 9.59 Å². The van der Waals surface area contributed by atoms with Crippen LogP contribution in [0, 0.1) is 0 Å². The van der Waals surface area contributed by atoms with Crippen molar-refractivity contribution in [3.8, 4) is 0 Å². The van der Waals surface area contributed by atoms with E-state index in [2.05, 4.69) is 10.6 Å². The van der Waals surface area contributed by atoms with Crippen LogP contribution in [0.2, 0.25) is 5.02 Å². The van der Waals surface area contributed by atoms with E-state index in [0.717, 1.165) is 25.7 Å². The van der Waals surface area contributed by atoms with Crippen molar-refractivity contribution in [2.24, 2.45) is 5.73 Å². The molecule has 2 rings (SSSR count). The van der Waals surface area contributed by atoms with Crippen LogP contribution < -0.4 is 16.4 Å². The Balaban J connectivity index is 2.01. The molecule has 1 aromatic carbocycles. The number of rotatable bonds is 6. The fourth-order valence-corrected chi connectivity index (χ4v) is 2.98. The molecule has 0 spiro atoms. The molecule has 2 amide bonds. The molecule has 0 unspecified atom stereocenters. The first-order chi connectivity index (χ1) is 11.1. The summed E-state index contributed by atoms with van der Waals surface area (Å²) in [6.45, 7) is 0.475. The molecule has 0 heterocycles. The van der Waals surface area contributed by atoms with E-state index in [-0.39, 0.29) is 17.9 Å². The molecular weight excluding hydrogens is 314 g/mol. The van der Waals surface area contributed by atoms with Gasteiger partial charge in [0.1, 0.15) is 0 Å². The Kier molecular flexibility index (Phi) is 6.86. The fourth-order valence-electron chi connectivity index (χ4n) is 2.77. The second-order valence-electron chi connectivity index (χ2n) is 5.94. The number of benzene rings is 1. The molecular formula is C17H24ClN3O2. The van der Waals surface area contributed by atoms with Crippen molar-refractivity contribution in [3.63, 3.8) is 0 Å². The van der Waals surface area contributed by atoms with Gasteiger partial charge in [-0.1, -0.05) is 30.9 Å². The van der Waals surface area contributed by atoms with Crippen molar-refractivity contribution in [2.75, 3.05) is 11.9 Å². The molecule has 1 saturated carbocycles. The highest BCUT2D eigenvalue weighted by molar-refractivity contribution is 6.34. The maximum atomic E-state index is 12.4. The molecule has 1 fully saturated rings. The van der Waals surface area contributed by atoms with Crippen molar-refractivity contribution in [1.29, 1.82) is 0 Å². The molecule has 0 radical (unpaired) electrons. The largest absolute Gasteiger partial charge is 0.349 e. The average molecular weight is 338 g/mol. The maximum Gasteiger partial charge on any atom is 0.253 e. The van der Waals surface area contributed by atoms with E-state index in [1.54, 1.807) is 18.2 Å². The zero-order valence-electron chi connectivity index (χ0n) is 13.2. The minimum atomic E-state index is -0.181. The summed E-state index contributed by atoms with van der Waals surface area (Å²) in [6.07, 6.45) is 6.55. The minimum absolute atomic E-state index is 0.114. The topological polar surface area (TPSA) is 84.2 Å². The maximum absolute atomic E-state index is 12.4. The molecule has 126 valence electrons. The van der Waals surface area contributed by atoms with Gasteiger partial charge < -0.3 is 16.4 Å². The minimum Gasteiger partial charge on any atom is -0.349 e. The quantitative estimate of drug-likeness (QED) is 0.745. The Labute approximate surface area is 142 Å². The second-order valence-corrected chi connectivity index (χ2v) is 6.35.